The minimum Gasteiger partial charge on any atom is -0.392 e. The Balaban J connectivity index is 2.03. The molecule has 1 atom stereocenters. The second kappa shape index (κ2) is 6.73. The Morgan fingerprint density at radius 3 is 2.55 bits per heavy atom. The molecule has 3 aromatic rings. The van der Waals surface area contributed by atoms with Crippen LogP contribution in [0.25, 0.3) is 0 Å². The van der Waals surface area contributed by atoms with Gasteiger partial charge in [0, 0.05) is 10.9 Å². The maximum atomic E-state index is 9.63. The highest BCUT2D eigenvalue weighted by atomic mass is 35.5. The summed E-state index contributed by atoms with van der Waals surface area (Å²) in [5, 5.41) is 14.5. The third kappa shape index (κ3) is 3.18. The van der Waals surface area contributed by atoms with Crippen molar-refractivity contribution < 1.29 is 5.11 Å². The van der Waals surface area contributed by atoms with Crippen molar-refractivity contribution in [1.82, 2.24) is 14.8 Å². The standard InChI is InChI=1S/C17H16ClN3O/c18-15-7-5-13(6-8-15)17(9-21-12-19-11-20-21)16-4-2-1-3-14(16)10-22/h1-8,11-12,17,22H,9-10H2. The summed E-state index contributed by atoms with van der Waals surface area (Å²) >= 11 is 6.00. The average molecular weight is 314 g/mol. The van der Waals surface area contributed by atoms with Crippen molar-refractivity contribution in [2.75, 3.05) is 0 Å². The SMILES string of the molecule is OCc1ccccc1C(Cn1cncn1)c1ccc(Cl)cc1. The molecule has 0 radical (unpaired) electrons. The van der Waals surface area contributed by atoms with Gasteiger partial charge in [0.15, 0.2) is 0 Å². The van der Waals surface area contributed by atoms with Crippen molar-refractivity contribution in [3.8, 4) is 0 Å². The molecule has 0 aliphatic rings. The molecule has 3 rings (SSSR count). The van der Waals surface area contributed by atoms with Gasteiger partial charge in [-0.2, -0.15) is 5.10 Å². The van der Waals surface area contributed by atoms with Crippen LogP contribution in [0.3, 0.4) is 0 Å². The van der Waals surface area contributed by atoms with Crippen molar-refractivity contribution in [2.24, 2.45) is 0 Å². The van der Waals surface area contributed by atoms with Gasteiger partial charge in [0.05, 0.1) is 13.2 Å². The molecule has 0 saturated heterocycles. The molecule has 5 heteroatoms. The highest BCUT2D eigenvalue weighted by Crippen LogP contribution is 2.30. The van der Waals surface area contributed by atoms with Gasteiger partial charge in [-0.15, -0.1) is 0 Å². The Hall–Kier alpha value is -2.17. The zero-order valence-electron chi connectivity index (χ0n) is 11.9. The molecule has 0 aliphatic carbocycles. The summed E-state index contributed by atoms with van der Waals surface area (Å²) in [6.45, 7) is 0.663. The minimum atomic E-state index is 0.0115. The van der Waals surface area contributed by atoms with Crippen LogP contribution in [-0.2, 0) is 13.2 Å². The molecule has 1 aromatic heterocycles. The van der Waals surface area contributed by atoms with E-state index in [2.05, 4.69) is 10.1 Å². The normalized spacial score (nSPS) is 12.3. The number of hydrogen-bond donors (Lipinski definition) is 1. The van der Waals surface area contributed by atoms with Crippen LogP contribution in [0, 0.1) is 0 Å². The molecule has 2 aromatic carbocycles. The number of rotatable bonds is 5. The molecule has 0 bridgehead atoms. The molecule has 1 heterocycles. The van der Waals surface area contributed by atoms with Crippen molar-refractivity contribution in [1.29, 1.82) is 0 Å². The lowest BCUT2D eigenvalue weighted by atomic mass is 9.88. The second-order valence-corrected chi connectivity index (χ2v) is 5.52. The van der Waals surface area contributed by atoms with Crippen LogP contribution in [0.4, 0.5) is 0 Å². The summed E-state index contributed by atoms with van der Waals surface area (Å²) < 4.78 is 1.80. The Kier molecular flexibility index (Phi) is 4.51. The number of benzene rings is 2. The van der Waals surface area contributed by atoms with Gasteiger partial charge in [-0.05, 0) is 28.8 Å². The van der Waals surface area contributed by atoms with Crippen molar-refractivity contribution in [3.63, 3.8) is 0 Å². The fourth-order valence-electron chi connectivity index (χ4n) is 2.61. The fourth-order valence-corrected chi connectivity index (χ4v) is 2.74. The van der Waals surface area contributed by atoms with Crippen LogP contribution in [0.2, 0.25) is 5.02 Å². The van der Waals surface area contributed by atoms with Gasteiger partial charge in [0.25, 0.3) is 0 Å². The van der Waals surface area contributed by atoms with Gasteiger partial charge in [0.2, 0.25) is 0 Å². The first-order chi connectivity index (χ1) is 10.8. The van der Waals surface area contributed by atoms with E-state index >= 15 is 0 Å². The third-order valence-corrected chi connectivity index (χ3v) is 3.96. The molecule has 0 spiro atoms. The quantitative estimate of drug-likeness (QED) is 0.786. The maximum absolute atomic E-state index is 9.63. The molecule has 112 valence electrons. The zero-order chi connectivity index (χ0) is 15.4. The Labute approximate surface area is 134 Å². The van der Waals surface area contributed by atoms with Crippen LogP contribution in [0.5, 0.6) is 0 Å². The second-order valence-electron chi connectivity index (χ2n) is 5.08. The van der Waals surface area contributed by atoms with Crippen molar-refractivity contribution in [3.05, 3.63) is 82.9 Å². The predicted octanol–water partition coefficient (Wildman–Crippen LogP) is 3.26. The maximum Gasteiger partial charge on any atom is 0.137 e. The van der Waals surface area contributed by atoms with Crippen LogP contribution in [-0.4, -0.2) is 19.9 Å². The van der Waals surface area contributed by atoms with Crippen molar-refractivity contribution in [2.45, 2.75) is 19.1 Å². The third-order valence-electron chi connectivity index (χ3n) is 3.71. The number of aliphatic hydroxyl groups is 1. The molecular formula is C17H16ClN3O. The van der Waals surface area contributed by atoms with E-state index in [-0.39, 0.29) is 12.5 Å². The van der Waals surface area contributed by atoms with E-state index in [0.717, 1.165) is 16.7 Å². The first kappa shape index (κ1) is 14.8. The summed E-state index contributed by atoms with van der Waals surface area (Å²) in [4.78, 5) is 4.00. The van der Waals surface area contributed by atoms with Crippen LogP contribution >= 0.6 is 11.6 Å². The first-order valence-electron chi connectivity index (χ1n) is 7.04. The van der Waals surface area contributed by atoms with Crippen LogP contribution < -0.4 is 0 Å². The summed E-state index contributed by atoms with van der Waals surface area (Å²) in [6, 6.07) is 15.7. The number of halogens is 1. The summed E-state index contributed by atoms with van der Waals surface area (Å²) in [6.07, 6.45) is 3.22. The number of nitrogens with zero attached hydrogens (tertiary/aromatic N) is 3. The van der Waals surface area contributed by atoms with E-state index in [1.807, 2.05) is 48.5 Å². The van der Waals surface area contributed by atoms with Gasteiger partial charge >= 0.3 is 0 Å². The zero-order valence-corrected chi connectivity index (χ0v) is 12.7. The number of aromatic nitrogens is 3. The molecule has 0 amide bonds. The largest absolute Gasteiger partial charge is 0.392 e. The molecular weight excluding hydrogens is 298 g/mol. The average Bonchev–Trinajstić information content (AvgIpc) is 3.07. The molecule has 0 saturated carbocycles. The van der Waals surface area contributed by atoms with E-state index in [1.54, 1.807) is 11.0 Å². The highest BCUT2D eigenvalue weighted by Gasteiger charge is 2.18. The number of hydrogen-bond acceptors (Lipinski definition) is 3. The first-order valence-corrected chi connectivity index (χ1v) is 7.42. The highest BCUT2D eigenvalue weighted by molar-refractivity contribution is 6.30. The number of aliphatic hydroxyl groups excluding tert-OH is 1. The Morgan fingerprint density at radius 1 is 1.09 bits per heavy atom. The van der Waals surface area contributed by atoms with E-state index in [9.17, 15) is 5.11 Å². The van der Waals surface area contributed by atoms with E-state index in [1.165, 1.54) is 6.33 Å². The van der Waals surface area contributed by atoms with Crippen molar-refractivity contribution >= 4 is 11.6 Å². The molecule has 1 unspecified atom stereocenters. The lowest BCUT2D eigenvalue weighted by Gasteiger charge is -2.20. The van der Waals surface area contributed by atoms with E-state index in [0.29, 0.717) is 11.6 Å². The predicted molar refractivity (Wildman–Crippen MR) is 85.7 cm³/mol. The Bertz CT molecular complexity index is 726. The van der Waals surface area contributed by atoms with Gasteiger partial charge in [-0.1, -0.05) is 48.0 Å². The van der Waals surface area contributed by atoms with Gasteiger partial charge in [-0.25, -0.2) is 4.98 Å². The lowest BCUT2D eigenvalue weighted by molar-refractivity contribution is 0.280. The molecule has 22 heavy (non-hydrogen) atoms. The summed E-state index contributed by atoms with van der Waals surface area (Å²) in [5.41, 5.74) is 3.13. The van der Waals surface area contributed by atoms with Gasteiger partial charge in [0.1, 0.15) is 12.7 Å². The fraction of sp³-hybridized carbons (Fsp3) is 0.176. The van der Waals surface area contributed by atoms with Gasteiger partial charge < -0.3 is 5.11 Å². The van der Waals surface area contributed by atoms with E-state index < -0.39 is 0 Å². The minimum absolute atomic E-state index is 0.0115. The topological polar surface area (TPSA) is 50.9 Å². The smallest absolute Gasteiger partial charge is 0.137 e. The van der Waals surface area contributed by atoms with Gasteiger partial charge in [-0.3, -0.25) is 4.68 Å². The Morgan fingerprint density at radius 2 is 1.86 bits per heavy atom. The van der Waals surface area contributed by atoms with Crippen LogP contribution in [0.1, 0.15) is 22.6 Å². The monoisotopic (exact) mass is 313 g/mol. The van der Waals surface area contributed by atoms with E-state index in [4.69, 9.17) is 11.6 Å². The molecule has 0 fully saturated rings. The summed E-state index contributed by atoms with van der Waals surface area (Å²) in [5.74, 6) is 0.0716. The molecule has 1 N–H and O–H groups in total. The molecule has 0 aliphatic heterocycles. The summed E-state index contributed by atoms with van der Waals surface area (Å²) in [7, 11) is 0. The molecule has 4 nitrogen and oxygen atoms in total. The van der Waals surface area contributed by atoms with Crippen LogP contribution in [0.15, 0.2) is 61.2 Å². The lowest BCUT2D eigenvalue weighted by Crippen LogP contribution is -2.13.